The number of pyridine rings is 1. The third kappa shape index (κ3) is 2.44. The Bertz CT molecular complexity index is 883. The normalized spacial score (nSPS) is 10.9. The Hall–Kier alpha value is -2.73. The van der Waals surface area contributed by atoms with Gasteiger partial charge in [-0.25, -0.2) is 9.50 Å². The Morgan fingerprint density at radius 1 is 1.14 bits per heavy atom. The summed E-state index contributed by atoms with van der Waals surface area (Å²) in [7, 11) is 0. The fourth-order valence-corrected chi connectivity index (χ4v) is 2.92. The quantitative estimate of drug-likeness (QED) is 0.627. The van der Waals surface area contributed by atoms with Crippen LogP contribution in [0, 0.1) is 0 Å². The Kier molecular flexibility index (Phi) is 3.29. The first kappa shape index (κ1) is 13.0. The number of hydrogen-bond donors (Lipinski definition) is 1. The average Bonchev–Trinajstić information content (AvgIpc) is 3.22. The minimum Gasteiger partial charge on any atom is -0.364 e. The van der Waals surface area contributed by atoms with Crippen molar-refractivity contribution in [1.29, 1.82) is 0 Å². The lowest BCUT2D eigenvalue weighted by atomic mass is 10.3. The van der Waals surface area contributed by atoms with E-state index in [4.69, 9.17) is 0 Å². The van der Waals surface area contributed by atoms with Crippen molar-refractivity contribution in [3.05, 3.63) is 65.2 Å². The highest BCUT2D eigenvalue weighted by Crippen LogP contribution is 2.23. The van der Waals surface area contributed by atoms with Crippen molar-refractivity contribution in [3.8, 4) is 11.3 Å². The summed E-state index contributed by atoms with van der Waals surface area (Å²) in [6.07, 6.45) is 5.47. The number of imidazole rings is 1. The largest absolute Gasteiger partial charge is 0.364 e. The monoisotopic (exact) mass is 307 g/mol. The summed E-state index contributed by atoms with van der Waals surface area (Å²) in [6, 6.07) is 9.95. The van der Waals surface area contributed by atoms with Gasteiger partial charge in [-0.1, -0.05) is 6.07 Å². The molecule has 1 N–H and O–H groups in total. The van der Waals surface area contributed by atoms with E-state index in [9.17, 15) is 0 Å². The molecule has 0 aliphatic carbocycles. The molecule has 22 heavy (non-hydrogen) atoms. The Balaban J connectivity index is 1.64. The maximum atomic E-state index is 4.63. The number of rotatable bonds is 4. The lowest BCUT2D eigenvalue weighted by Crippen LogP contribution is -2.04. The SMILES string of the molecule is c1cncc(CNc2ccc3ncc(-c4ccsc4)n3n2)c1. The van der Waals surface area contributed by atoms with Gasteiger partial charge in [0.15, 0.2) is 5.65 Å². The molecule has 0 amide bonds. The molecule has 0 atom stereocenters. The van der Waals surface area contributed by atoms with Crippen molar-refractivity contribution in [2.75, 3.05) is 5.32 Å². The van der Waals surface area contributed by atoms with Crippen molar-refractivity contribution < 1.29 is 0 Å². The highest BCUT2D eigenvalue weighted by molar-refractivity contribution is 7.08. The van der Waals surface area contributed by atoms with Crippen molar-refractivity contribution in [3.63, 3.8) is 0 Å². The number of anilines is 1. The lowest BCUT2D eigenvalue weighted by molar-refractivity contribution is 0.930. The van der Waals surface area contributed by atoms with Crippen LogP contribution in [0.15, 0.2) is 59.7 Å². The predicted molar refractivity (Wildman–Crippen MR) is 87.9 cm³/mol. The molecule has 0 bridgehead atoms. The van der Waals surface area contributed by atoms with Gasteiger partial charge in [0.1, 0.15) is 5.82 Å². The lowest BCUT2D eigenvalue weighted by Gasteiger charge is -2.06. The van der Waals surface area contributed by atoms with Gasteiger partial charge >= 0.3 is 0 Å². The van der Waals surface area contributed by atoms with Gasteiger partial charge in [0.2, 0.25) is 0 Å². The minimum absolute atomic E-state index is 0.689. The van der Waals surface area contributed by atoms with Gasteiger partial charge in [-0.15, -0.1) is 5.10 Å². The number of nitrogens with one attached hydrogen (secondary N) is 1. The molecule has 0 aliphatic rings. The number of aromatic nitrogens is 4. The highest BCUT2D eigenvalue weighted by atomic mass is 32.1. The van der Waals surface area contributed by atoms with E-state index in [-0.39, 0.29) is 0 Å². The van der Waals surface area contributed by atoms with Crippen molar-refractivity contribution in [2.24, 2.45) is 0 Å². The molecule has 108 valence electrons. The van der Waals surface area contributed by atoms with E-state index in [0.717, 1.165) is 28.3 Å². The van der Waals surface area contributed by atoms with E-state index in [2.05, 4.69) is 37.2 Å². The second kappa shape index (κ2) is 5.57. The van der Waals surface area contributed by atoms with Crippen LogP contribution in [0.2, 0.25) is 0 Å². The molecule has 0 unspecified atom stereocenters. The number of fused-ring (bicyclic) bond motifs is 1. The van der Waals surface area contributed by atoms with E-state index in [0.29, 0.717) is 6.54 Å². The van der Waals surface area contributed by atoms with E-state index >= 15 is 0 Å². The Labute approximate surface area is 131 Å². The maximum absolute atomic E-state index is 4.63. The summed E-state index contributed by atoms with van der Waals surface area (Å²) in [6.45, 7) is 0.689. The maximum Gasteiger partial charge on any atom is 0.154 e. The van der Waals surface area contributed by atoms with Crippen LogP contribution in [0.25, 0.3) is 16.9 Å². The summed E-state index contributed by atoms with van der Waals surface area (Å²) in [4.78, 5) is 8.51. The second-order valence-corrected chi connectivity index (χ2v) is 5.64. The third-order valence-corrected chi connectivity index (χ3v) is 4.06. The molecule has 0 aliphatic heterocycles. The predicted octanol–water partition coefficient (Wildman–Crippen LogP) is 3.46. The topological polar surface area (TPSA) is 55.1 Å². The molecule has 5 nitrogen and oxygen atoms in total. The fraction of sp³-hybridized carbons (Fsp3) is 0.0625. The summed E-state index contributed by atoms with van der Waals surface area (Å²) < 4.78 is 1.87. The van der Waals surface area contributed by atoms with E-state index in [1.165, 1.54) is 0 Å². The fourth-order valence-electron chi connectivity index (χ4n) is 2.27. The Morgan fingerprint density at radius 2 is 2.14 bits per heavy atom. The van der Waals surface area contributed by atoms with E-state index in [1.807, 2.05) is 41.2 Å². The van der Waals surface area contributed by atoms with Gasteiger partial charge in [0, 0.05) is 29.9 Å². The van der Waals surface area contributed by atoms with Gasteiger partial charge < -0.3 is 5.32 Å². The number of nitrogens with zero attached hydrogens (tertiary/aromatic N) is 4. The zero-order chi connectivity index (χ0) is 14.8. The van der Waals surface area contributed by atoms with Gasteiger partial charge in [0.05, 0.1) is 11.9 Å². The van der Waals surface area contributed by atoms with Crippen LogP contribution in [0.3, 0.4) is 0 Å². The van der Waals surface area contributed by atoms with Crippen LogP contribution in [0.4, 0.5) is 5.82 Å². The number of hydrogen-bond acceptors (Lipinski definition) is 5. The smallest absolute Gasteiger partial charge is 0.154 e. The highest BCUT2D eigenvalue weighted by Gasteiger charge is 2.08. The molecule has 0 spiro atoms. The molecule has 0 radical (unpaired) electrons. The summed E-state index contributed by atoms with van der Waals surface area (Å²) in [5.41, 5.74) is 4.09. The molecule has 0 aromatic carbocycles. The van der Waals surface area contributed by atoms with Crippen LogP contribution >= 0.6 is 11.3 Å². The molecule has 0 saturated carbocycles. The zero-order valence-corrected chi connectivity index (χ0v) is 12.5. The average molecular weight is 307 g/mol. The summed E-state index contributed by atoms with van der Waals surface area (Å²) in [5.74, 6) is 0.811. The van der Waals surface area contributed by atoms with E-state index in [1.54, 1.807) is 17.5 Å². The first-order chi connectivity index (χ1) is 10.9. The van der Waals surface area contributed by atoms with Gasteiger partial charge in [-0.2, -0.15) is 11.3 Å². The van der Waals surface area contributed by atoms with Crippen molar-refractivity contribution in [1.82, 2.24) is 19.6 Å². The molecule has 0 fully saturated rings. The van der Waals surface area contributed by atoms with Crippen LogP contribution < -0.4 is 5.32 Å². The second-order valence-electron chi connectivity index (χ2n) is 4.86. The van der Waals surface area contributed by atoms with E-state index < -0.39 is 0 Å². The molecule has 4 aromatic rings. The molecule has 6 heteroatoms. The molecular weight excluding hydrogens is 294 g/mol. The van der Waals surface area contributed by atoms with Gasteiger partial charge in [0.25, 0.3) is 0 Å². The molecule has 0 saturated heterocycles. The van der Waals surface area contributed by atoms with Crippen LogP contribution in [-0.4, -0.2) is 19.6 Å². The zero-order valence-electron chi connectivity index (χ0n) is 11.7. The van der Waals surface area contributed by atoms with Gasteiger partial charge in [-0.05, 0) is 35.2 Å². The van der Waals surface area contributed by atoms with Crippen molar-refractivity contribution in [2.45, 2.75) is 6.54 Å². The molecular formula is C16H13N5S. The Morgan fingerprint density at radius 3 is 2.95 bits per heavy atom. The summed E-state index contributed by atoms with van der Waals surface area (Å²) in [5, 5.41) is 12.1. The number of thiophene rings is 1. The van der Waals surface area contributed by atoms with Crippen molar-refractivity contribution >= 4 is 22.8 Å². The van der Waals surface area contributed by atoms with Crippen LogP contribution in [0.5, 0.6) is 0 Å². The van der Waals surface area contributed by atoms with Crippen LogP contribution in [-0.2, 0) is 6.54 Å². The molecule has 4 rings (SSSR count). The molecule has 4 heterocycles. The molecule has 4 aromatic heterocycles. The van der Waals surface area contributed by atoms with Gasteiger partial charge in [-0.3, -0.25) is 4.98 Å². The standard InChI is InChI=1S/C16H13N5S/c1-2-12(8-17-6-1)9-18-15-3-4-16-19-10-14(21(16)20-15)13-5-7-22-11-13/h1-8,10-11H,9H2,(H,18,20). The minimum atomic E-state index is 0.689. The third-order valence-electron chi connectivity index (χ3n) is 3.38. The van der Waals surface area contributed by atoms with Crippen LogP contribution in [0.1, 0.15) is 5.56 Å². The first-order valence-corrected chi connectivity index (χ1v) is 7.84. The first-order valence-electron chi connectivity index (χ1n) is 6.90. The summed E-state index contributed by atoms with van der Waals surface area (Å²) >= 11 is 1.67.